The predicted octanol–water partition coefficient (Wildman–Crippen LogP) is 4.32. The van der Waals surface area contributed by atoms with Crippen molar-refractivity contribution in [2.45, 2.75) is 24.4 Å². The maximum absolute atomic E-state index is 6.33. The second-order valence-electron chi connectivity index (χ2n) is 6.08. The van der Waals surface area contributed by atoms with Gasteiger partial charge in [0, 0.05) is 23.6 Å². The Morgan fingerprint density at radius 1 is 1.09 bits per heavy atom. The topological polar surface area (TPSA) is 27.7 Å². The van der Waals surface area contributed by atoms with E-state index in [0.29, 0.717) is 0 Å². The molecule has 0 spiro atoms. The summed E-state index contributed by atoms with van der Waals surface area (Å²) in [5.41, 5.74) is 2.18. The number of hydrogen-bond acceptors (Lipinski definition) is 3. The van der Waals surface area contributed by atoms with E-state index in [-0.39, 0.29) is 18.1 Å². The summed E-state index contributed by atoms with van der Waals surface area (Å²) in [5.74, 6) is -0.485. The molecule has 4 rings (SSSR count). The van der Waals surface area contributed by atoms with Gasteiger partial charge in [-0.15, -0.1) is 0 Å². The Bertz CT molecular complexity index is 673. The summed E-state index contributed by atoms with van der Waals surface area (Å²) in [5, 5.41) is 0.731. The van der Waals surface area contributed by atoms with Gasteiger partial charge in [-0.05, 0) is 24.1 Å². The van der Waals surface area contributed by atoms with E-state index in [1.54, 1.807) is 7.11 Å². The first-order chi connectivity index (χ1) is 11.2. The molecular formula is C19H19ClO3. The van der Waals surface area contributed by atoms with Crippen molar-refractivity contribution < 1.29 is 14.2 Å². The predicted molar refractivity (Wildman–Crippen MR) is 88.3 cm³/mol. The lowest BCUT2D eigenvalue weighted by molar-refractivity contribution is -0.270. The highest BCUT2D eigenvalue weighted by Crippen LogP contribution is 2.56. The summed E-state index contributed by atoms with van der Waals surface area (Å²) in [6.07, 6.45) is 0.742. The van der Waals surface area contributed by atoms with Crippen molar-refractivity contribution >= 4 is 11.6 Å². The van der Waals surface area contributed by atoms with E-state index < -0.39 is 5.79 Å². The van der Waals surface area contributed by atoms with Crippen molar-refractivity contribution in [2.75, 3.05) is 13.7 Å². The van der Waals surface area contributed by atoms with E-state index in [0.717, 1.165) is 29.2 Å². The van der Waals surface area contributed by atoms with Crippen LogP contribution in [0.15, 0.2) is 54.6 Å². The number of benzene rings is 2. The van der Waals surface area contributed by atoms with Gasteiger partial charge in [-0.2, -0.15) is 0 Å². The quantitative estimate of drug-likeness (QED) is 0.839. The molecule has 0 aromatic heterocycles. The third-order valence-corrected chi connectivity index (χ3v) is 5.17. The molecule has 2 fully saturated rings. The SMILES string of the molecule is CO[C@]1(c2ccccc2)O[C@H]2OCC[C@H]2[C@@H]1c1ccc(Cl)cc1. The summed E-state index contributed by atoms with van der Waals surface area (Å²) in [4.78, 5) is 0. The van der Waals surface area contributed by atoms with Crippen molar-refractivity contribution in [3.63, 3.8) is 0 Å². The van der Waals surface area contributed by atoms with Gasteiger partial charge in [-0.25, -0.2) is 0 Å². The fraction of sp³-hybridized carbons (Fsp3) is 0.368. The Morgan fingerprint density at radius 3 is 2.52 bits per heavy atom. The van der Waals surface area contributed by atoms with Gasteiger partial charge in [-0.1, -0.05) is 54.1 Å². The van der Waals surface area contributed by atoms with Gasteiger partial charge in [0.25, 0.3) is 0 Å². The molecule has 0 bridgehead atoms. The zero-order valence-corrected chi connectivity index (χ0v) is 13.7. The van der Waals surface area contributed by atoms with E-state index in [9.17, 15) is 0 Å². The molecule has 2 saturated heterocycles. The molecule has 0 aliphatic carbocycles. The van der Waals surface area contributed by atoms with Crippen LogP contribution in [0.25, 0.3) is 0 Å². The molecule has 4 atom stereocenters. The van der Waals surface area contributed by atoms with Crippen molar-refractivity contribution in [1.82, 2.24) is 0 Å². The first kappa shape index (κ1) is 15.2. The molecule has 2 aliphatic heterocycles. The van der Waals surface area contributed by atoms with Crippen LogP contribution in [0.5, 0.6) is 0 Å². The Kier molecular flexibility index (Phi) is 3.90. The molecule has 2 aromatic carbocycles. The Labute approximate surface area is 141 Å². The highest BCUT2D eigenvalue weighted by atomic mass is 35.5. The minimum absolute atomic E-state index is 0.0691. The molecule has 120 valence electrons. The number of fused-ring (bicyclic) bond motifs is 1. The molecule has 0 amide bonds. The van der Waals surface area contributed by atoms with Crippen molar-refractivity contribution in [3.8, 4) is 0 Å². The smallest absolute Gasteiger partial charge is 0.204 e. The molecule has 0 saturated carbocycles. The summed E-state index contributed by atoms with van der Waals surface area (Å²) >= 11 is 6.06. The second kappa shape index (κ2) is 5.91. The zero-order chi connectivity index (χ0) is 15.9. The number of rotatable bonds is 3. The van der Waals surface area contributed by atoms with E-state index in [2.05, 4.69) is 12.1 Å². The van der Waals surface area contributed by atoms with Gasteiger partial charge in [0.2, 0.25) is 5.79 Å². The average Bonchev–Trinajstić information content (AvgIpc) is 3.15. The van der Waals surface area contributed by atoms with Crippen LogP contribution < -0.4 is 0 Å². The van der Waals surface area contributed by atoms with Crippen LogP contribution in [0.1, 0.15) is 23.5 Å². The lowest BCUT2D eigenvalue weighted by atomic mass is 9.78. The summed E-state index contributed by atoms with van der Waals surface area (Å²) in [7, 11) is 1.71. The lowest BCUT2D eigenvalue weighted by Crippen LogP contribution is -2.35. The number of ether oxygens (including phenoxy) is 3. The van der Waals surface area contributed by atoms with Crippen molar-refractivity contribution in [3.05, 3.63) is 70.7 Å². The van der Waals surface area contributed by atoms with Gasteiger partial charge >= 0.3 is 0 Å². The molecular weight excluding hydrogens is 312 g/mol. The maximum atomic E-state index is 6.33. The van der Waals surface area contributed by atoms with Crippen LogP contribution in [-0.4, -0.2) is 20.0 Å². The number of hydrogen-bond donors (Lipinski definition) is 0. The number of halogens is 1. The van der Waals surface area contributed by atoms with Gasteiger partial charge in [0.05, 0.1) is 12.5 Å². The first-order valence-electron chi connectivity index (χ1n) is 7.90. The van der Waals surface area contributed by atoms with E-state index in [4.69, 9.17) is 25.8 Å². The fourth-order valence-corrected chi connectivity index (χ4v) is 4.03. The molecule has 2 heterocycles. The maximum Gasteiger partial charge on any atom is 0.204 e. The summed E-state index contributed by atoms with van der Waals surface area (Å²) < 4.78 is 18.1. The molecule has 0 radical (unpaired) electrons. The summed E-state index contributed by atoms with van der Waals surface area (Å²) in [6.45, 7) is 0.730. The highest BCUT2D eigenvalue weighted by Gasteiger charge is 2.59. The number of methoxy groups -OCH3 is 1. The Balaban J connectivity index is 1.84. The summed E-state index contributed by atoms with van der Waals surface area (Å²) in [6, 6.07) is 18.1. The van der Waals surface area contributed by atoms with Crippen LogP contribution in [0.3, 0.4) is 0 Å². The van der Waals surface area contributed by atoms with E-state index in [1.165, 1.54) is 0 Å². The zero-order valence-electron chi connectivity index (χ0n) is 12.9. The Morgan fingerprint density at radius 2 is 1.83 bits per heavy atom. The van der Waals surface area contributed by atoms with Crippen LogP contribution >= 0.6 is 11.6 Å². The van der Waals surface area contributed by atoms with Gasteiger partial charge in [0.1, 0.15) is 0 Å². The van der Waals surface area contributed by atoms with Crippen LogP contribution in [0, 0.1) is 5.92 Å². The van der Waals surface area contributed by atoms with Crippen LogP contribution in [-0.2, 0) is 20.0 Å². The van der Waals surface area contributed by atoms with E-state index >= 15 is 0 Å². The molecule has 23 heavy (non-hydrogen) atoms. The van der Waals surface area contributed by atoms with Crippen molar-refractivity contribution in [2.24, 2.45) is 5.92 Å². The molecule has 2 aliphatic rings. The third-order valence-electron chi connectivity index (χ3n) is 4.92. The highest BCUT2D eigenvalue weighted by molar-refractivity contribution is 6.30. The van der Waals surface area contributed by atoms with Crippen LogP contribution in [0.4, 0.5) is 0 Å². The molecule has 2 aromatic rings. The van der Waals surface area contributed by atoms with E-state index in [1.807, 2.05) is 42.5 Å². The first-order valence-corrected chi connectivity index (χ1v) is 8.28. The minimum atomic E-state index is -0.829. The molecule has 3 nitrogen and oxygen atoms in total. The van der Waals surface area contributed by atoms with Gasteiger partial charge < -0.3 is 14.2 Å². The Hall–Kier alpha value is -1.39. The monoisotopic (exact) mass is 330 g/mol. The largest absolute Gasteiger partial charge is 0.352 e. The molecule has 4 heteroatoms. The molecule has 0 N–H and O–H groups in total. The van der Waals surface area contributed by atoms with Gasteiger partial charge in [0.15, 0.2) is 6.29 Å². The van der Waals surface area contributed by atoms with Crippen molar-refractivity contribution in [1.29, 1.82) is 0 Å². The minimum Gasteiger partial charge on any atom is -0.352 e. The second-order valence-corrected chi connectivity index (χ2v) is 6.51. The third kappa shape index (κ3) is 2.39. The van der Waals surface area contributed by atoms with Gasteiger partial charge in [-0.3, -0.25) is 0 Å². The molecule has 0 unspecified atom stereocenters. The standard InChI is InChI=1S/C19H19ClO3/c1-21-19(14-5-3-2-4-6-14)17(13-7-9-15(20)10-8-13)16-11-12-22-18(16)23-19/h2-10,16-18H,11-12H2,1H3/t16-,17-,18+,19+/m0/s1. The van der Waals surface area contributed by atoms with Crippen LogP contribution in [0.2, 0.25) is 5.02 Å². The fourth-order valence-electron chi connectivity index (χ4n) is 3.90. The average molecular weight is 331 g/mol. The normalized spacial score (nSPS) is 32.9. The lowest BCUT2D eigenvalue weighted by Gasteiger charge is -2.35.